The van der Waals surface area contributed by atoms with Gasteiger partial charge in [0.2, 0.25) is 0 Å². The normalized spacial score (nSPS) is 16.5. The van der Waals surface area contributed by atoms with E-state index in [1.165, 1.54) is 25.9 Å². The summed E-state index contributed by atoms with van der Waals surface area (Å²) in [4.78, 5) is 27.9. The van der Waals surface area contributed by atoms with Gasteiger partial charge in [0.1, 0.15) is 0 Å². The van der Waals surface area contributed by atoms with Gasteiger partial charge in [0, 0.05) is 33.2 Å². The van der Waals surface area contributed by atoms with Gasteiger partial charge in [-0.15, -0.1) is 0 Å². The van der Waals surface area contributed by atoms with Crippen molar-refractivity contribution in [2.24, 2.45) is 0 Å². The molecule has 154 valence electrons. The second-order valence-electron chi connectivity index (χ2n) is 7.90. The third kappa shape index (κ3) is 3.27. The third-order valence-corrected chi connectivity index (χ3v) is 6.97. The van der Waals surface area contributed by atoms with Crippen LogP contribution in [0.3, 0.4) is 0 Å². The summed E-state index contributed by atoms with van der Waals surface area (Å²) >= 11 is 10.1. The lowest BCUT2D eigenvalue weighted by Crippen LogP contribution is -2.21. The van der Waals surface area contributed by atoms with Crippen molar-refractivity contribution < 1.29 is 9.59 Å². The summed E-state index contributed by atoms with van der Waals surface area (Å²) in [6.07, 6.45) is 5.62. The van der Waals surface area contributed by atoms with Crippen LogP contribution < -0.4 is 5.32 Å². The molecule has 1 saturated heterocycles. The number of nitrogens with zero attached hydrogens (tertiary/aromatic N) is 2. The van der Waals surface area contributed by atoms with Crippen molar-refractivity contribution in [2.75, 3.05) is 19.6 Å². The van der Waals surface area contributed by atoms with Crippen LogP contribution in [0.4, 0.5) is 0 Å². The first-order valence-electron chi connectivity index (χ1n) is 10.2. The standard InChI is InChI=1S/C23H21BrClN3O2/c24-16-13-28(11-5-10-27-8-3-4-9-27)18-12-15(14-6-1-2-7-17(14)25)19-21(20(16)18)23(30)26-22(19)29/h1-2,6-7,12-13H,3-5,8-11H2,(H,26,29,30). The number of carbonyl (C=O) groups is 2. The minimum Gasteiger partial charge on any atom is -0.346 e. The fourth-order valence-corrected chi connectivity index (χ4v) is 5.53. The van der Waals surface area contributed by atoms with E-state index in [4.69, 9.17) is 11.6 Å². The van der Waals surface area contributed by atoms with E-state index in [1.54, 1.807) is 6.07 Å². The Balaban J connectivity index is 1.63. The minimum atomic E-state index is -0.375. The highest BCUT2D eigenvalue weighted by Crippen LogP contribution is 2.41. The highest BCUT2D eigenvalue weighted by molar-refractivity contribution is 9.10. The number of amides is 2. The molecule has 1 N–H and O–H groups in total. The summed E-state index contributed by atoms with van der Waals surface area (Å²) in [7, 11) is 0. The van der Waals surface area contributed by atoms with Crippen LogP contribution in [0.5, 0.6) is 0 Å². The van der Waals surface area contributed by atoms with Gasteiger partial charge in [-0.05, 0) is 72.5 Å². The van der Waals surface area contributed by atoms with Crippen LogP contribution in [-0.2, 0) is 6.54 Å². The Hall–Kier alpha value is -2.15. The highest BCUT2D eigenvalue weighted by atomic mass is 79.9. The molecule has 3 heterocycles. The van der Waals surface area contributed by atoms with Gasteiger partial charge in [-0.3, -0.25) is 14.9 Å². The molecular formula is C23H21BrClN3O2. The Kier molecular flexibility index (Phi) is 5.17. The number of benzene rings is 2. The van der Waals surface area contributed by atoms with Gasteiger partial charge in [-0.1, -0.05) is 29.8 Å². The molecule has 0 aliphatic carbocycles. The van der Waals surface area contributed by atoms with Crippen molar-refractivity contribution in [1.29, 1.82) is 0 Å². The van der Waals surface area contributed by atoms with Gasteiger partial charge in [0.05, 0.1) is 16.6 Å². The summed E-state index contributed by atoms with van der Waals surface area (Å²) < 4.78 is 3.00. The van der Waals surface area contributed by atoms with Crippen LogP contribution in [0, 0.1) is 0 Å². The summed E-state index contributed by atoms with van der Waals surface area (Å²) in [5, 5.41) is 3.80. The summed E-state index contributed by atoms with van der Waals surface area (Å²) in [6.45, 7) is 4.28. The van der Waals surface area contributed by atoms with Gasteiger partial charge < -0.3 is 9.47 Å². The molecule has 5 rings (SSSR count). The number of fused-ring (bicyclic) bond motifs is 3. The van der Waals surface area contributed by atoms with Gasteiger partial charge in [0.15, 0.2) is 0 Å². The topological polar surface area (TPSA) is 54.3 Å². The first-order chi connectivity index (χ1) is 14.5. The van der Waals surface area contributed by atoms with Crippen molar-refractivity contribution in [3.05, 3.63) is 57.2 Å². The van der Waals surface area contributed by atoms with E-state index in [-0.39, 0.29) is 11.8 Å². The van der Waals surface area contributed by atoms with Crippen LogP contribution in [0.15, 0.2) is 41.0 Å². The summed E-state index contributed by atoms with van der Waals surface area (Å²) in [5.74, 6) is -0.732. The molecule has 5 nitrogen and oxygen atoms in total. The molecule has 0 spiro atoms. The van der Waals surface area contributed by atoms with Crippen molar-refractivity contribution in [1.82, 2.24) is 14.8 Å². The number of carbonyl (C=O) groups excluding carboxylic acids is 2. The molecule has 1 aromatic heterocycles. The van der Waals surface area contributed by atoms with Crippen LogP contribution in [-0.4, -0.2) is 40.9 Å². The monoisotopic (exact) mass is 485 g/mol. The lowest BCUT2D eigenvalue weighted by Gasteiger charge is -2.15. The number of aryl methyl sites for hydroxylation is 1. The van der Waals surface area contributed by atoms with Crippen molar-refractivity contribution in [2.45, 2.75) is 25.8 Å². The van der Waals surface area contributed by atoms with E-state index in [1.807, 2.05) is 30.5 Å². The minimum absolute atomic E-state index is 0.357. The maximum absolute atomic E-state index is 12.7. The fraction of sp³-hybridized carbons (Fsp3) is 0.304. The van der Waals surface area contributed by atoms with E-state index >= 15 is 0 Å². The fourth-order valence-electron chi connectivity index (χ4n) is 4.65. The first kappa shape index (κ1) is 19.8. The number of aromatic nitrogens is 1. The maximum Gasteiger partial charge on any atom is 0.259 e. The van der Waals surface area contributed by atoms with E-state index < -0.39 is 0 Å². The van der Waals surface area contributed by atoms with E-state index in [0.29, 0.717) is 21.7 Å². The molecule has 0 unspecified atom stereocenters. The zero-order valence-corrected chi connectivity index (χ0v) is 18.7. The molecule has 0 saturated carbocycles. The average molecular weight is 487 g/mol. The van der Waals surface area contributed by atoms with Crippen molar-refractivity contribution in [3.63, 3.8) is 0 Å². The molecule has 2 amide bonds. The van der Waals surface area contributed by atoms with E-state index in [2.05, 4.69) is 30.7 Å². The number of hydrogen-bond donors (Lipinski definition) is 1. The maximum atomic E-state index is 12.7. The zero-order valence-electron chi connectivity index (χ0n) is 16.4. The Morgan fingerprint density at radius 1 is 1.00 bits per heavy atom. The SMILES string of the molecule is O=C1NC(=O)c2c1c(-c1ccccc1Cl)cc1c2c(Br)cn1CCCN1CCCC1. The highest BCUT2D eigenvalue weighted by Gasteiger charge is 2.34. The Morgan fingerprint density at radius 3 is 2.50 bits per heavy atom. The smallest absolute Gasteiger partial charge is 0.259 e. The Labute approximate surface area is 188 Å². The molecule has 2 aliphatic heterocycles. The van der Waals surface area contributed by atoms with E-state index in [9.17, 15) is 9.59 Å². The molecule has 2 aliphatic rings. The van der Waals surface area contributed by atoms with Crippen LogP contribution >= 0.6 is 27.5 Å². The second-order valence-corrected chi connectivity index (χ2v) is 9.17. The quantitative estimate of drug-likeness (QED) is 0.511. The molecule has 7 heteroatoms. The molecule has 0 bridgehead atoms. The molecule has 2 aromatic carbocycles. The number of imide groups is 1. The number of halogens is 2. The predicted octanol–water partition coefficient (Wildman–Crippen LogP) is 5.09. The molecule has 30 heavy (non-hydrogen) atoms. The largest absolute Gasteiger partial charge is 0.346 e. The molecule has 0 radical (unpaired) electrons. The summed E-state index contributed by atoms with van der Waals surface area (Å²) in [6, 6.07) is 9.42. The van der Waals surface area contributed by atoms with Gasteiger partial charge in [-0.25, -0.2) is 0 Å². The number of nitrogens with one attached hydrogen (secondary N) is 1. The van der Waals surface area contributed by atoms with Crippen molar-refractivity contribution >= 4 is 50.2 Å². The number of rotatable bonds is 5. The molecule has 0 atom stereocenters. The molecule has 3 aromatic rings. The molecule has 1 fully saturated rings. The van der Waals surface area contributed by atoms with Crippen LogP contribution in [0.25, 0.3) is 22.0 Å². The van der Waals surface area contributed by atoms with Crippen LogP contribution in [0.1, 0.15) is 40.0 Å². The third-order valence-electron chi connectivity index (χ3n) is 6.04. The summed E-state index contributed by atoms with van der Waals surface area (Å²) in [5.41, 5.74) is 3.21. The Bertz CT molecular complexity index is 1180. The lowest BCUT2D eigenvalue weighted by molar-refractivity contribution is 0.0880. The van der Waals surface area contributed by atoms with Crippen molar-refractivity contribution in [3.8, 4) is 11.1 Å². The lowest BCUT2D eigenvalue weighted by atomic mass is 9.94. The predicted molar refractivity (Wildman–Crippen MR) is 122 cm³/mol. The number of likely N-dealkylation sites (tertiary alicyclic amines) is 1. The molecular weight excluding hydrogens is 466 g/mol. The average Bonchev–Trinajstić information content (AvgIpc) is 3.42. The number of hydrogen-bond acceptors (Lipinski definition) is 3. The van der Waals surface area contributed by atoms with Crippen LogP contribution in [0.2, 0.25) is 5.02 Å². The first-order valence-corrected chi connectivity index (χ1v) is 11.4. The van der Waals surface area contributed by atoms with E-state index in [0.717, 1.165) is 40.4 Å². The van der Waals surface area contributed by atoms with Gasteiger partial charge >= 0.3 is 0 Å². The second kappa shape index (κ2) is 7.84. The van der Waals surface area contributed by atoms with Gasteiger partial charge in [0.25, 0.3) is 11.8 Å². The Morgan fingerprint density at radius 2 is 1.73 bits per heavy atom. The zero-order chi connectivity index (χ0) is 20.8. The van der Waals surface area contributed by atoms with Gasteiger partial charge in [-0.2, -0.15) is 0 Å².